The van der Waals surface area contributed by atoms with E-state index in [0.29, 0.717) is 12.0 Å². The van der Waals surface area contributed by atoms with Crippen LogP contribution in [0.3, 0.4) is 0 Å². The maximum atomic E-state index is 12.1. The molecule has 0 bridgehead atoms. The molecule has 0 spiro atoms. The van der Waals surface area contributed by atoms with Crippen molar-refractivity contribution in [2.24, 2.45) is 0 Å². The Bertz CT molecular complexity index is 697. The van der Waals surface area contributed by atoms with Crippen molar-refractivity contribution in [1.82, 2.24) is 20.5 Å². The Labute approximate surface area is 153 Å². The number of pyridine rings is 1. The zero-order valence-electron chi connectivity index (χ0n) is 15.6. The van der Waals surface area contributed by atoms with Crippen LogP contribution in [0.25, 0.3) is 11.5 Å². The second-order valence-corrected chi connectivity index (χ2v) is 7.03. The topological polar surface area (TPSA) is 110 Å². The lowest BCUT2D eigenvalue weighted by Gasteiger charge is -2.25. The van der Waals surface area contributed by atoms with Gasteiger partial charge in [0.25, 0.3) is 0 Å². The molecule has 2 unspecified atom stereocenters. The van der Waals surface area contributed by atoms with E-state index in [-0.39, 0.29) is 11.8 Å². The number of aromatic nitrogens is 3. The Morgan fingerprint density at radius 1 is 1.38 bits per heavy atom. The van der Waals surface area contributed by atoms with Crippen LogP contribution < -0.4 is 5.32 Å². The highest BCUT2D eigenvalue weighted by Gasteiger charge is 2.29. The third kappa shape index (κ3) is 5.80. The SMILES string of the molecule is CCCCC(NC(=O)OC(C)(C)C)C(O)c1nnc(-c2cccnc2)o1. The molecule has 0 aromatic carbocycles. The summed E-state index contributed by atoms with van der Waals surface area (Å²) < 4.78 is 10.8. The summed E-state index contributed by atoms with van der Waals surface area (Å²) in [6.45, 7) is 7.37. The van der Waals surface area contributed by atoms with Crippen molar-refractivity contribution < 1.29 is 19.1 Å². The van der Waals surface area contributed by atoms with Gasteiger partial charge in [0.15, 0.2) is 6.10 Å². The molecule has 8 nitrogen and oxygen atoms in total. The third-order valence-corrected chi connectivity index (χ3v) is 3.55. The lowest BCUT2D eigenvalue weighted by Crippen LogP contribution is -2.42. The van der Waals surface area contributed by atoms with Gasteiger partial charge < -0.3 is 19.6 Å². The number of nitrogens with one attached hydrogen (secondary N) is 1. The van der Waals surface area contributed by atoms with E-state index in [2.05, 4.69) is 20.5 Å². The van der Waals surface area contributed by atoms with E-state index in [0.717, 1.165) is 12.8 Å². The Morgan fingerprint density at radius 2 is 2.15 bits per heavy atom. The fourth-order valence-corrected chi connectivity index (χ4v) is 2.32. The van der Waals surface area contributed by atoms with Gasteiger partial charge in [-0.25, -0.2) is 4.79 Å². The first-order valence-corrected chi connectivity index (χ1v) is 8.71. The normalized spacial score (nSPS) is 13.9. The molecule has 8 heteroatoms. The monoisotopic (exact) mass is 362 g/mol. The molecule has 0 saturated heterocycles. The molecule has 0 radical (unpaired) electrons. The van der Waals surface area contributed by atoms with Crippen LogP contribution in [0.4, 0.5) is 4.79 Å². The number of aliphatic hydroxyl groups is 1. The highest BCUT2D eigenvalue weighted by atomic mass is 16.6. The van der Waals surface area contributed by atoms with Gasteiger partial charge >= 0.3 is 6.09 Å². The first-order chi connectivity index (χ1) is 12.3. The molecule has 2 heterocycles. The maximum Gasteiger partial charge on any atom is 0.407 e. The fourth-order valence-electron chi connectivity index (χ4n) is 2.32. The molecule has 2 aromatic rings. The summed E-state index contributed by atoms with van der Waals surface area (Å²) in [5.74, 6) is 0.305. The van der Waals surface area contributed by atoms with Gasteiger partial charge in [0.1, 0.15) is 5.60 Å². The highest BCUT2D eigenvalue weighted by Crippen LogP contribution is 2.24. The van der Waals surface area contributed by atoms with Gasteiger partial charge in [0.2, 0.25) is 11.8 Å². The zero-order valence-corrected chi connectivity index (χ0v) is 15.6. The number of hydrogen-bond acceptors (Lipinski definition) is 7. The van der Waals surface area contributed by atoms with Crippen molar-refractivity contribution >= 4 is 6.09 Å². The smallest absolute Gasteiger partial charge is 0.407 e. The van der Waals surface area contributed by atoms with Crippen LogP contribution in [0.1, 0.15) is 59.0 Å². The predicted octanol–water partition coefficient (Wildman–Crippen LogP) is 3.25. The molecule has 0 saturated carbocycles. The second-order valence-electron chi connectivity index (χ2n) is 7.03. The molecular formula is C18H26N4O4. The Hall–Kier alpha value is -2.48. The van der Waals surface area contributed by atoms with Crippen LogP contribution in [-0.4, -0.2) is 38.0 Å². The standard InChI is InChI=1S/C18H26N4O4/c1-5-6-9-13(20-17(24)26-18(2,3)4)14(23)16-22-21-15(25-16)12-8-7-10-19-11-12/h7-8,10-11,13-14,23H,5-6,9H2,1-4H3,(H,20,24). The number of carbonyl (C=O) groups is 1. The van der Waals surface area contributed by atoms with Crippen LogP contribution in [0.15, 0.2) is 28.9 Å². The molecule has 142 valence electrons. The lowest BCUT2D eigenvalue weighted by atomic mass is 10.0. The number of amides is 1. The van der Waals surface area contributed by atoms with E-state index in [1.54, 1.807) is 45.3 Å². The van der Waals surface area contributed by atoms with Crippen LogP contribution in [0.5, 0.6) is 0 Å². The van der Waals surface area contributed by atoms with Gasteiger partial charge in [-0.1, -0.05) is 19.8 Å². The molecular weight excluding hydrogens is 336 g/mol. The van der Waals surface area contributed by atoms with Crippen LogP contribution in [-0.2, 0) is 4.74 Å². The molecule has 26 heavy (non-hydrogen) atoms. The van der Waals surface area contributed by atoms with Gasteiger partial charge in [-0.2, -0.15) is 0 Å². The van der Waals surface area contributed by atoms with Crippen molar-refractivity contribution in [3.63, 3.8) is 0 Å². The number of alkyl carbamates (subject to hydrolysis) is 1. The Balaban J connectivity index is 2.12. The van der Waals surface area contributed by atoms with Crippen LogP contribution in [0, 0.1) is 0 Å². The van der Waals surface area contributed by atoms with Gasteiger partial charge in [-0.05, 0) is 39.3 Å². The molecule has 0 aliphatic heterocycles. The number of hydrogen-bond donors (Lipinski definition) is 2. The largest absolute Gasteiger partial charge is 0.444 e. The van der Waals surface area contributed by atoms with Crippen LogP contribution in [0.2, 0.25) is 0 Å². The molecule has 2 aromatic heterocycles. The Kier molecular flexibility index (Phi) is 6.68. The predicted molar refractivity (Wildman–Crippen MR) is 95.2 cm³/mol. The second kappa shape index (κ2) is 8.75. The summed E-state index contributed by atoms with van der Waals surface area (Å²) in [4.78, 5) is 16.1. The van der Waals surface area contributed by atoms with Crippen molar-refractivity contribution in [3.8, 4) is 11.5 Å². The van der Waals surface area contributed by atoms with Crippen molar-refractivity contribution in [1.29, 1.82) is 0 Å². The minimum atomic E-state index is -1.13. The lowest BCUT2D eigenvalue weighted by molar-refractivity contribution is 0.0377. The first kappa shape index (κ1) is 19.8. The number of aliphatic hydroxyl groups excluding tert-OH is 1. The fraction of sp³-hybridized carbons (Fsp3) is 0.556. The maximum absolute atomic E-state index is 12.1. The summed E-state index contributed by atoms with van der Waals surface area (Å²) in [6.07, 6.45) is 3.81. The summed E-state index contributed by atoms with van der Waals surface area (Å²) in [7, 11) is 0. The summed E-state index contributed by atoms with van der Waals surface area (Å²) in [5, 5.41) is 21.2. The summed E-state index contributed by atoms with van der Waals surface area (Å²) in [5.41, 5.74) is 0.0335. The van der Waals surface area contributed by atoms with Gasteiger partial charge in [0.05, 0.1) is 11.6 Å². The molecule has 1 amide bonds. The number of unbranched alkanes of at least 4 members (excludes halogenated alkanes) is 1. The first-order valence-electron chi connectivity index (χ1n) is 8.71. The number of ether oxygens (including phenoxy) is 1. The van der Waals surface area contributed by atoms with Gasteiger partial charge in [0, 0.05) is 12.4 Å². The highest BCUT2D eigenvalue weighted by molar-refractivity contribution is 5.68. The van der Waals surface area contributed by atoms with Crippen molar-refractivity contribution in [2.45, 2.75) is 64.7 Å². The van der Waals surface area contributed by atoms with Crippen molar-refractivity contribution in [3.05, 3.63) is 30.4 Å². The minimum Gasteiger partial charge on any atom is -0.444 e. The van der Waals surface area contributed by atoms with Crippen molar-refractivity contribution in [2.75, 3.05) is 0 Å². The van der Waals surface area contributed by atoms with Gasteiger partial charge in [-0.15, -0.1) is 10.2 Å². The third-order valence-electron chi connectivity index (χ3n) is 3.55. The Morgan fingerprint density at radius 3 is 2.77 bits per heavy atom. The van der Waals surface area contributed by atoms with Gasteiger partial charge in [-0.3, -0.25) is 4.98 Å². The summed E-state index contributed by atoms with van der Waals surface area (Å²) >= 11 is 0. The minimum absolute atomic E-state index is 0.0426. The average Bonchev–Trinajstić information content (AvgIpc) is 3.07. The molecule has 2 atom stereocenters. The van der Waals surface area contributed by atoms with E-state index in [1.165, 1.54) is 0 Å². The van der Waals surface area contributed by atoms with E-state index >= 15 is 0 Å². The summed E-state index contributed by atoms with van der Waals surface area (Å²) in [6, 6.07) is 2.94. The molecule has 2 N–H and O–H groups in total. The van der Waals surface area contributed by atoms with Crippen LogP contribution >= 0.6 is 0 Å². The molecule has 2 rings (SSSR count). The molecule has 0 fully saturated rings. The molecule has 0 aliphatic rings. The number of carbonyl (C=O) groups excluding carboxylic acids is 1. The van der Waals surface area contributed by atoms with E-state index in [4.69, 9.17) is 9.15 Å². The van der Waals surface area contributed by atoms with E-state index < -0.39 is 23.8 Å². The van der Waals surface area contributed by atoms with E-state index in [9.17, 15) is 9.90 Å². The van der Waals surface area contributed by atoms with E-state index in [1.807, 2.05) is 6.92 Å². The zero-order chi connectivity index (χ0) is 19.2. The number of rotatable bonds is 7. The average molecular weight is 362 g/mol. The number of nitrogens with zero attached hydrogens (tertiary/aromatic N) is 3. The molecule has 0 aliphatic carbocycles. The quantitative estimate of drug-likeness (QED) is 0.778.